The van der Waals surface area contributed by atoms with E-state index in [1.54, 1.807) is 13.8 Å². The number of likely N-dealkylation sites (N-methyl/N-ethyl adjacent to an activating group) is 1. The summed E-state index contributed by atoms with van der Waals surface area (Å²) in [5.74, 6) is -1.07. The molecule has 0 aliphatic rings. The fraction of sp³-hybridized carbons (Fsp3) is 0.500. The van der Waals surface area contributed by atoms with Gasteiger partial charge in [0.1, 0.15) is 0 Å². The molecule has 0 bridgehead atoms. The topological polar surface area (TPSA) is 102 Å². The average molecular weight is 356 g/mol. The van der Waals surface area contributed by atoms with Gasteiger partial charge in [0.25, 0.3) is 5.91 Å². The molecule has 0 spiro atoms. The summed E-state index contributed by atoms with van der Waals surface area (Å²) in [7, 11) is -3.62. The number of amides is 1. The van der Waals surface area contributed by atoms with E-state index in [1.165, 1.54) is 31.2 Å². The summed E-state index contributed by atoms with van der Waals surface area (Å²) in [6.45, 7) is 7.32. The lowest BCUT2D eigenvalue weighted by Gasteiger charge is -2.14. The van der Waals surface area contributed by atoms with Crippen LogP contribution < -0.4 is 10.0 Å². The molecule has 2 atom stereocenters. The molecular formula is C16H24N2O5S. The number of hydrogen-bond acceptors (Lipinski definition) is 5. The minimum Gasteiger partial charge on any atom is -0.449 e. The second-order valence-electron chi connectivity index (χ2n) is 5.40. The van der Waals surface area contributed by atoms with E-state index in [9.17, 15) is 18.0 Å². The standard InChI is InChI=1S/C16H24N2O5S/c1-5-11(3)18-24(21,22)14-9-7-13(8-10-14)16(20)23-12(4)15(19)17-6-2/h7-12,18H,5-6H2,1-4H3,(H,17,19)/t11-,12-/m1/s1. The molecule has 7 nitrogen and oxygen atoms in total. The predicted octanol–water partition coefficient (Wildman–Crippen LogP) is 1.44. The van der Waals surface area contributed by atoms with Crippen molar-refractivity contribution in [1.82, 2.24) is 10.0 Å². The van der Waals surface area contributed by atoms with E-state index in [4.69, 9.17) is 4.74 Å². The first-order chi connectivity index (χ1) is 11.2. The third-order valence-electron chi connectivity index (χ3n) is 3.37. The molecule has 0 aliphatic heterocycles. The van der Waals surface area contributed by atoms with Crippen molar-refractivity contribution in [3.63, 3.8) is 0 Å². The molecule has 1 rings (SSSR count). The smallest absolute Gasteiger partial charge is 0.338 e. The maximum Gasteiger partial charge on any atom is 0.338 e. The van der Waals surface area contributed by atoms with Gasteiger partial charge in [-0.3, -0.25) is 4.79 Å². The zero-order chi connectivity index (χ0) is 18.3. The first kappa shape index (κ1) is 20.1. The molecule has 134 valence electrons. The van der Waals surface area contributed by atoms with Crippen molar-refractivity contribution < 1.29 is 22.7 Å². The van der Waals surface area contributed by atoms with Gasteiger partial charge in [0.05, 0.1) is 10.5 Å². The first-order valence-corrected chi connectivity index (χ1v) is 9.30. The summed E-state index contributed by atoms with van der Waals surface area (Å²) < 4.78 is 31.9. The monoisotopic (exact) mass is 356 g/mol. The highest BCUT2D eigenvalue weighted by atomic mass is 32.2. The third kappa shape index (κ3) is 5.61. The summed E-state index contributed by atoms with van der Waals surface area (Å²) in [5.41, 5.74) is 0.175. The van der Waals surface area contributed by atoms with Gasteiger partial charge in [0.2, 0.25) is 10.0 Å². The van der Waals surface area contributed by atoms with E-state index in [1.807, 2.05) is 6.92 Å². The zero-order valence-electron chi connectivity index (χ0n) is 14.3. The highest BCUT2D eigenvalue weighted by Crippen LogP contribution is 2.13. The Hall–Kier alpha value is -1.93. The molecule has 0 unspecified atom stereocenters. The van der Waals surface area contributed by atoms with Gasteiger partial charge >= 0.3 is 5.97 Å². The van der Waals surface area contributed by atoms with E-state index >= 15 is 0 Å². The summed E-state index contributed by atoms with van der Waals surface area (Å²) in [6, 6.07) is 5.20. The molecule has 0 saturated carbocycles. The van der Waals surface area contributed by atoms with Gasteiger partial charge in [-0.2, -0.15) is 0 Å². The zero-order valence-corrected chi connectivity index (χ0v) is 15.1. The molecule has 8 heteroatoms. The second-order valence-corrected chi connectivity index (χ2v) is 7.11. The Morgan fingerprint density at radius 3 is 2.21 bits per heavy atom. The first-order valence-electron chi connectivity index (χ1n) is 7.82. The minimum atomic E-state index is -3.62. The number of nitrogens with one attached hydrogen (secondary N) is 2. The van der Waals surface area contributed by atoms with E-state index in [0.717, 1.165) is 0 Å². The van der Waals surface area contributed by atoms with Crippen LogP contribution in [-0.2, 0) is 19.6 Å². The van der Waals surface area contributed by atoms with Crippen molar-refractivity contribution in [3.8, 4) is 0 Å². The van der Waals surface area contributed by atoms with Crippen LogP contribution >= 0.6 is 0 Å². The predicted molar refractivity (Wildman–Crippen MR) is 90.1 cm³/mol. The maximum absolute atomic E-state index is 12.1. The molecule has 0 aliphatic carbocycles. The number of benzene rings is 1. The molecule has 24 heavy (non-hydrogen) atoms. The Morgan fingerprint density at radius 2 is 1.71 bits per heavy atom. The van der Waals surface area contributed by atoms with Crippen molar-refractivity contribution in [2.45, 2.75) is 51.2 Å². The number of ether oxygens (including phenoxy) is 1. The molecule has 0 saturated heterocycles. The molecule has 1 aromatic carbocycles. The lowest BCUT2D eigenvalue weighted by molar-refractivity contribution is -0.128. The number of rotatable bonds is 8. The van der Waals surface area contributed by atoms with Crippen molar-refractivity contribution in [2.75, 3.05) is 6.54 Å². The Labute approximate surface area is 142 Å². The van der Waals surface area contributed by atoms with Crippen LogP contribution in [0, 0.1) is 0 Å². The lowest BCUT2D eigenvalue weighted by Crippen LogP contribution is -2.35. The molecule has 0 heterocycles. The summed E-state index contributed by atoms with van der Waals surface area (Å²) >= 11 is 0. The van der Waals surface area contributed by atoms with Crippen molar-refractivity contribution in [2.24, 2.45) is 0 Å². The molecule has 0 fully saturated rings. The molecule has 1 aromatic rings. The van der Waals surface area contributed by atoms with Crippen LogP contribution in [0.5, 0.6) is 0 Å². The van der Waals surface area contributed by atoms with Gasteiger partial charge in [-0.05, 0) is 51.5 Å². The third-order valence-corrected chi connectivity index (χ3v) is 4.98. The fourth-order valence-corrected chi connectivity index (χ4v) is 3.11. The number of carbonyl (C=O) groups excluding carboxylic acids is 2. The molecule has 0 aromatic heterocycles. The largest absolute Gasteiger partial charge is 0.449 e. The van der Waals surface area contributed by atoms with E-state index in [2.05, 4.69) is 10.0 Å². The van der Waals surface area contributed by atoms with Crippen LogP contribution in [0.1, 0.15) is 44.5 Å². The normalized spacial score (nSPS) is 13.8. The van der Waals surface area contributed by atoms with E-state index in [-0.39, 0.29) is 22.4 Å². The maximum atomic E-state index is 12.1. The molecular weight excluding hydrogens is 332 g/mol. The van der Waals surface area contributed by atoms with E-state index < -0.39 is 22.1 Å². The van der Waals surface area contributed by atoms with Crippen molar-refractivity contribution in [1.29, 1.82) is 0 Å². The average Bonchev–Trinajstić information content (AvgIpc) is 2.54. The van der Waals surface area contributed by atoms with Gasteiger partial charge in [0.15, 0.2) is 6.10 Å². The Morgan fingerprint density at radius 1 is 1.12 bits per heavy atom. The second kappa shape index (κ2) is 8.79. The van der Waals surface area contributed by atoms with Crippen LogP contribution in [-0.4, -0.2) is 39.0 Å². The van der Waals surface area contributed by atoms with Gasteiger partial charge in [0, 0.05) is 12.6 Å². The Balaban J connectivity index is 2.80. The number of carbonyl (C=O) groups is 2. The minimum absolute atomic E-state index is 0.0659. The van der Waals surface area contributed by atoms with E-state index in [0.29, 0.717) is 13.0 Å². The highest BCUT2D eigenvalue weighted by molar-refractivity contribution is 7.89. The molecule has 1 amide bonds. The van der Waals surface area contributed by atoms with Gasteiger partial charge in [-0.15, -0.1) is 0 Å². The molecule has 2 N–H and O–H groups in total. The molecule has 0 radical (unpaired) electrons. The van der Waals surface area contributed by atoms with Crippen LogP contribution in [0.3, 0.4) is 0 Å². The van der Waals surface area contributed by atoms with Gasteiger partial charge in [-0.25, -0.2) is 17.9 Å². The van der Waals surface area contributed by atoms with Gasteiger partial charge in [-0.1, -0.05) is 6.92 Å². The van der Waals surface area contributed by atoms with Gasteiger partial charge < -0.3 is 10.1 Å². The SMILES string of the molecule is CCNC(=O)[C@@H](C)OC(=O)c1ccc(S(=O)(=O)N[C@H](C)CC)cc1. The Kier molecular flexibility index (Phi) is 7.37. The number of esters is 1. The number of sulfonamides is 1. The summed E-state index contributed by atoms with van der Waals surface area (Å²) in [4.78, 5) is 23.6. The highest BCUT2D eigenvalue weighted by Gasteiger charge is 2.20. The van der Waals surface area contributed by atoms with Crippen molar-refractivity contribution >= 4 is 21.9 Å². The fourth-order valence-electron chi connectivity index (χ4n) is 1.79. The van der Waals surface area contributed by atoms with Crippen LogP contribution in [0.25, 0.3) is 0 Å². The van der Waals surface area contributed by atoms with Crippen LogP contribution in [0.4, 0.5) is 0 Å². The van der Waals surface area contributed by atoms with Crippen LogP contribution in [0.15, 0.2) is 29.2 Å². The van der Waals surface area contributed by atoms with Crippen LogP contribution in [0.2, 0.25) is 0 Å². The Bertz CT molecular complexity index is 670. The quantitative estimate of drug-likeness (QED) is 0.687. The lowest BCUT2D eigenvalue weighted by atomic mass is 10.2. The number of hydrogen-bond donors (Lipinski definition) is 2. The summed E-state index contributed by atoms with van der Waals surface area (Å²) in [6.07, 6.45) is -0.255. The summed E-state index contributed by atoms with van der Waals surface area (Å²) in [5, 5.41) is 2.55. The van der Waals surface area contributed by atoms with Crippen molar-refractivity contribution in [3.05, 3.63) is 29.8 Å².